The van der Waals surface area contributed by atoms with Crippen molar-refractivity contribution in [3.8, 4) is 0 Å². The summed E-state index contributed by atoms with van der Waals surface area (Å²) in [6.07, 6.45) is 1.77. The second-order valence-electron chi connectivity index (χ2n) is 4.81. The van der Waals surface area contributed by atoms with Gasteiger partial charge in [-0.25, -0.2) is 0 Å². The summed E-state index contributed by atoms with van der Waals surface area (Å²) in [5.74, 6) is -0.0394. The maximum Gasteiger partial charge on any atom is 0.273 e. The second kappa shape index (κ2) is 5.92. The summed E-state index contributed by atoms with van der Waals surface area (Å²) in [4.78, 5) is 14.5. The molecule has 1 fully saturated rings. The molecule has 1 aromatic rings. The lowest BCUT2D eigenvalue weighted by Gasteiger charge is -2.33. The Morgan fingerprint density at radius 2 is 2.16 bits per heavy atom. The third-order valence-corrected chi connectivity index (χ3v) is 4.04. The number of carbonyl (C=O) groups excluding carboxylic acids is 1. The van der Waals surface area contributed by atoms with E-state index in [-0.39, 0.29) is 11.9 Å². The molecule has 1 aliphatic heterocycles. The number of aryl methyl sites for hydroxylation is 2. The summed E-state index contributed by atoms with van der Waals surface area (Å²) in [6, 6.07) is 0.234. The van der Waals surface area contributed by atoms with E-state index in [0.29, 0.717) is 36.2 Å². The minimum atomic E-state index is -0.0394. The number of hydrogen-bond acceptors (Lipinski definition) is 3. The molecule has 0 atom stereocenters. The lowest BCUT2D eigenvalue weighted by molar-refractivity contribution is 0.0299. The highest BCUT2D eigenvalue weighted by Gasteiger charge is 2.29. The summed E-state index contributed by atoms with van der Waals surface area (Å²) in [6.45, 7) is 5.90. The minimum Gasteiger partial charge on any atom is -0.381 e. The van der Waals surface area contributed by atoms with Gasteiger partial charge in [0.05, 0.1) is 10.7 Å². The van der Waals surface area contributed by atoms with Gasteiger partial charge in [-0.15, -0.1) is 0 Å². The third-order valence-electron chi connectivity index (χ3n) is 3.58. The van der Waals surface area contributed by atoms with Gasteiger partial charge in [0.2, 0.25) is 0 Å². The fourth-order valence-electron chi connectivity index (χ4n) is 2.57. The molecule has 0 saturated carbocycles. The van der Waals surface area contributed by atoms with E-state index in [1.165, 1.54) is 0 Å². The van der Waals surface area contributed by atoms with Gasteiger partial charge in [0.25, 0.3) is 5.91 Å². The van der Waals surface area contributed by atoms with Crippen molar-refractivity contribution in [2.24, 2.45) is 7.05 Å². The summed E-state index contributed by atoms with van der Waals surface area (Å²) < 4.78 is 6.92. The van der Waals surface area contributed by atoms with Gasteiger partial charge in [0.15, 0.2) is 0 Å². The zero-order chi connectivity index (χ0) is 14.0. The molecule has 1 aromatic heterocycles. The van der Waals surface area contributed by atoms with E-state index in [4.69, 9.17) is 16.3 Å². The van der Waals surface area contributed by atoms with Crippen molar-refractivity contribution in [1.82, 2.24) is 14.7 Å². The summed E-state index contributed by atoms with van der Waals surface area (Å²) in [5.41, 5.74) is 1.17. The van der Waals surface area contributed by atoms with E-state index < -0.39 is 0 Å². The first-order chi connectivity index (χ1) is 9.06. The Morgan fingerprint density at radius 3 is 2.63 bits per heavy atom. The maximum absolute atomic E-state index is 12.7. The van der Waals surface area contributed by atoms with Crippen LogP contribution in [0.4, 0.5) is 0 Å². The van der Waals surface area contributed by atoms with E-state index in [0.717, 1.165) is 12.8 Å². The molecule has 2 heterocycles. The standard InChI is InChI=1S/C13H20ClN3O2/c1-4-17(10-5-7-19-8-6-10)13(18)12-11(14)9(2)15-16(12)3/h10H,4-8H2,1-3H3. The van der Waals surface area contributed by atoms with Crippen LogP contribution in [0.15, 0.2) is 0 Å². The van der Waals surface area contributed by atoms with Crippen molar-refractivity contribution in [3.63, 3.8) is 0 Å². The van der Waals surface area contributed by atoms with Gasteiger partial charge in [0.1, 0.15) is 5.69 Å². The van der Waals surface area contributed by atoms with Crippen LogP contribution in [0.25, 0.3) is 0 Å². The Labute approximate surface area is 118 Å². The molecule has 19 heavy (non-hydrogen) atoms. The van der Waals surface area contributed by atoms with Gasteiger partial charge >= 0.3 is 0 Å². The Kier molecular flexibility index (Phi) is 4.47. The highest BCUT2D eigenvalue weighted by Crippen LogP contribution is 2.23. The molecular weight excluding hydrogens is 266 g/mol. The first-order valence-electron chi connectivity index (χ1n) is 6.64. The van der Waals surface area contributed by atoms with Gasteiger partial charge < -0.3 is 9.64 Å². The van der Waals surface area contributed by atoms with Gasteiger partial charge in [-0.3, -0.25) is 9.48 Å². The van der Waals surface area contributed by atoms with Gasteiger partial charge in [0, 0.05) is 32.8 Å². The smallest absolute Gasteiger partial charge is 0.273 e. The van der Waals surface area contributed by atoms with Gasteiger partial charge in [-0.05, 0) is 26.7 Å². The van der Waals surface area contributed by atoms with Crippen molar-refractivity contribution >= 4 is 17.5 Å². The Morgan fingerprint density at radius 1 is 1.53 bits per heavy atom. The normalized spacial score (nSPS) is 16.6. The highest BCUT2D eigenvalue weighted by atomic mass is 35.5. The van der Waals surface area contributed by atoms with Crippen molar-refractivity contribution < 1.29 is 9.53 Å². The van der Waals surface area contributed by atoms with Crippen molar-refractivity contribution in [1.29, 1.82) is 0 Å². The molecule has 2 rings (SSSR count). The van der Waals surface area contributed by atoms with E-state index in [1.54, 1.807) is 11.7 Å². The molecule has 0 aromatic carbocycles. The number of nitrogens with zero attached hydrogens (tertiary/aromatic N) is 3. The van der Waals surface area contributed by atoms with E-state index in [1.807, 2.05) is 18.7 Å². The van der Waals surface area contributed by atoms with Crippen molar-refractivity contribution in [2.45, 2.75) is 32.7 Å². The van der Waals surface area contributed by atoms with Gasteiger partial charge in [-0.2, -0.15) is 5.10 Å². The Balaban J connectivity index is 2.24. The second-order valence-corrected chi connectivity index (χ2v) is 5.18. The number of rotatable bonds is 3. The molecular formula is C13H20ClN3O2. The quantitative estimate of drug-likeness (QED) is 0.854. The van der Waals surface area contributed by atoms with E-state index >= 15 is 0 Å². The molecule has 1 saturated heterocycles. The number of ether oxygens (including phenoxy) is 1. The average Bonchev–Trinajstić information content (AvgIpc) is 2.65. The monoisotopic (exact) mass is 285 g/mol. The van der Waals surface area contributed by atoms with Crippen LogP contribution in [-0.4, -0.2) is 46.4 Å². The topological polar surface area (TPSA) is 47.4 Å². The first-order valence-corrected chi connectivity index (χ1v) is 7.01. The number of amides is 1. The molecule has 1 amide bonds. The third kappa shape index (κ3) is 2.77. The number of carbonyl (C=O) groups is 1. The molecule has 1 aliphatic rings. The largest absolute Gasteiger partial charge is 0.381 e. The molecule has 106 valence electrons. The SMILES string of the molecule is CCN(C(=O)c1c(Cl)c(C)nn1C)C1CCOCC1. The predicted molar refractivity (Wildman–Crippen MR) is 73.5 cm³/mol. The maximum atomic E-state index is 12.7. The summed E-state index contributed by atoms with van der Waals surface area (Å²) in [7, 11) is 1.75. The van der Waals surface area contributed by atoms with E-state index in [9.17, 15) is 4.79 Å². The highest BCUT2D eigenvalue weighted by molar-refractivity contribution is 6.34. The van der Waals surface area contributed by atoms with Crippen LogP contribution in [0.2, 0.25) is 5.02 Å². The Bertz CT molecular complexity index is 467. The van der Waals surface area contributed by atoms with Crippen LogP contribution in [-0.2, 0) is 11.8 Å². The summed E-state index contributed by atoms with van der Waals surface area (Å²) >= 11 is 6.19. The lowest BCUT2D eigenvalue weighted by Crippen LogP contribution is -2.44. The average molecular weight is 286 g/mol. The van der Waals surface area contributed by atoms with Crippen LogP contribution in [0.1, 0.15) is 35.9 Å². The Hall–Kier alpha value is -1.07. The molecule has 0 bridgehead atoms. The fraction of sp³-hybridized carbons (Fsp3) is 0.692. The molecule has 5 nitrogen and oxygen atoms in total. The molecule has 0 N–H and O–H groups in total. The molecule has 6 heteroatoms. The molecule has 0 unspecified atom stereocenters. The number of aromatic nitrogens is 2. The zero-order valence-electron chi connectivity index (χ0n) is 11.6. The van der Waals surface area contributed by atoms with Gasteiger partial charge in [-0.1, -0.05) is 11.6 Å². The molecule has 0 spiro atoms. The fourth-order valence-corrected chi connectivity index (χ4v) is 2.81. The van der Waals surface area contributed by atoms with Crippen LogP contribution in [0.5, 0.6) is 0 Å². The zero-order valence-corrected chi connectivity index (χ0v) is 12.4. The predicted octanol–water partition coefficient (Wildman–Crippen LogP) is 2.02. The summed E-state index contributed by atoms with van der Waals surface area (Å²) in [5, 5.41) is 4.66. The molecule has 0 radical (unpaired) electrons. The van der Waals surface area contributed by atoms with Crippen LogP contribution in [0.3, 0.4) is 0 Å². The van der Waals surface area contributed by atoms with E-state index in [2.05, 4.69) is 5.10 Å². The van der Waals surface area contributed by atoms with Crippen LogP contribution < -0.4 is 0 Å². The van der Waals surface area contributed by atoms with Crippen LogP contribution in [0, 0.1) is 6.92 Å². The lowest BCUT2D eigenvalue weighted by atomic mass is 10.1. The number of halogens is 1. The minimum absolute atomic E-state index is 0.0394. The van der Waals surface area contributed by atoms with Crippen molar-refractivity contribution in [3.05, 3.63) is 16.4 Å². The number of hydrogen-bond donors (Lipinski definition) is 0. The van der Waals surface area contributed by atoms with Crippen LogP contribution >= 0.6 is 11.6 Å². The molecule has 0 aliphatic carbocycles. The first kappa shape index (κ1) is 14.3. The van der Waals surface area contributed by atoms with Crippen molar-refractivity contribution in [2.75, 3.05) is 19.8 Å².